The van der Waals surface area contributed by atoms with Crippen molar-refractivity contribution in [3.05, 3.63) is 24.3 Å². The van der Waals surface area contributed by atoms with Gasteiger partial charge in [-0.05, 0) is 18.6 Å². The number of ether oxygens (including phenoxy) is 2. The Balaban J connectivity index is 0.00000364. The summed E-state index contributed by atoms with van der Waals surface area (Å²) in [5.74, 6) is 1.98. The molecule has 27 heavy (non-hydrogen) atoms. The van der Waals surface area contributed by atoms with Crippen LogP contribution in [0.15, 0.2) is 29.3 Å². The van der Waals surface area contributed by atoms with Crippen molar-refractivity contribution in [3.63, 3.8) is 0 Å². The van der Waals surface area contributed by atoms with Crippen LogP contribution < -0.4 is 20.1 Å². The van der Waals surface area contributed by atoms with Gasteiger partial charge in [-0.15, -0.1) is 24.0 Å². The first-order valence-corrected chi connectivity index (χ1v) is 8.43. The maximum absolute atomic E-state index is 12.4. The number of halogens is 4. The second-order valence-electron chi connectivity index (χ2n) is 6.01. The Labute approximate surface area is 174 Å². The third-order valence-corrected chi connectivity index (χ3v) is 3.94. The molecule has 1 aromatic rings. The zero-order valence-electron chi connectivity index (χ0n) is 15.4. The number of nitrogens with one attached hydrogen (secondary N) is 2. The van der Waals surface area contributed by atoms with Crippen LogP contribution in [0.25, 0.3) is 0 Å². The monoisotopic (exact) mass is 502 g/mol. The van der Waals surface area contributed by atoms with Crippen molar-refractivity contribution in [2.45, 2.75) is 18.6 Å². The molecular formula is C17H26F3IN4O2. The fourth-order valence-corrected chi connectivity index (χ4v) is 2.76. The minimum atomic E-state index is -4.16. The van der Waals surface area contributed by atoms with Crippen LogP contribution in [0.5, 0.6) is 11.5 Å². The fourth-order valence-electron chi connectivity index (χ4n) is 2.76. The Kier molecular flexibility index (Phi) is 9.99. The van der Waals surface area contributed by atoms with Crippen molar-refractivity contribution in [3.8, 4) is 11.5 Å². The number of aliphatic imine (C=N–C) groups is 1. The molecule has 2 rings (SSSR count). The van der Waals surface area contributed by atoms with Crippen LogP contribution in [0.1, 0.15) is 6.42 Å². The molecule has 1 aliphatic rings. The van der Waals surface area contributed by atoms with Crippen LogP contribution in [0.4, 0.5) is 13.2 Å². The maximum Gasteiger partial charge on any atom is 0.401 e. The largest absolute Gasteiger partial charge is 0.497 e. The number of nitrogens with zero attached hydrogens (tertiary/aromatic N) is 2. The van der Waals surface area contributed by atoms with Crippen molar-refractivity contribution in [1.29, 1.82) is 0 Å². The van der Waals surface area contributed by atoms with Gasteiger partial charge in [0.1, 0.15) is 18.1 Å². The highest BCUT2D eigenvalue weighted by Crippen LogP contribution is 2.20. The third kappa shape index (κ3) is 8.87. The lowest BCUT2D eigenvalue weighted by atomic mass is 10.3. The smallest absolute Gasteiger partial charge is 0.401 e. The van der Waals surface area contributed by atoms with Gasteiger partial charge in [-0.25, -0.2) is 0 Å². The summed E-state index contributed by atoms with van der Waals surface area (Å²) in [7, 11) is 3.22. The quantitative estimate of drug-likeness (QED) is 0.260. The zero-order valence-corrected chi connectivity index (χ0v) is 17.7. The highest BCUT2D eigenvalue weighted by Gasteiger charge is 2.34. The zero-order chi connectivity index (χ0) is 19.0. The lowest BCUT2D eigenvalue weighted by Crippen LogP contribution is -2.46. The van der Waals surface area contributed by atoms with Gasteiger partial charge in [0.15, 0.2) is 5.96 Å². The van der Waals surface area contributed by atoms with E-state index in [0.717, 1.165) is 5.75 Å². The van der Waals surface area contributed by atoms with Crippen molar-refractivity contribution in [2.24, 2.45) is 4.99 Å². The molecule has 0 amide bonds. The minimum absolute atomic E-state index is 0. The average molecular weight is 502 g/mol. The van der Waals surface area contributed by atoms with Crippen molar-refractivity contribution in [2.75, 3.05) is 46.9 Å². The highest BCUT2D eigenvalue weighted by molar-refractivity contribution is 14.0. The van der Waals surface area contributed by atoms with E-state index in [9.17, 15) is 13.2 Å². The van der Waals surface area contributed by atoms with Crippen LogP contribution in [0, 0.1) is 0 Å². The van der Waals surface area contributed by atoms with E-state index >= 15 is 0 Å². The molecule has 154 valence electrons. The number of methoxy groups -OCH3 is 1. The molecule has 1 aromatic carbocycles. The van der Waals surface area contributed by atoms with Gasteiger partial charge < -0.3 is 20.1 Å². The first-order chi connectivity index (χ1) is 12.4. The van der Waals surface area contributed by atoms with Crippen molar-refractivity contribution in [1.82, 2.24) is 15.5 Å². The van der Waals surface area contributed by atoms with Crippen LogP contribution in [0.2, 0.25) is 0 Å². The van der Waals surface area contributed by atoms with Crippen LogP contribution >= 0.6 is 24.0 Å². The Hall–Kier alpha value is -1.43. The summed E-state index contributed by atoms with van der Waals surface area (Å²) in [5, 5.41) is 6.25. The molecule has 10 heteroatoms. The van der Waals surface area contributed by atoms with E-state index in [0.29, 0.717) is 44.4 Å². The first kappa shape index (κ1) is 23.6. The number of alkyl halides is 3. The summed E-state index contributed by atoms with van der Waals surface area (Å²) in [6.45, 7) is 0.827. The Bertz CT molecular complexity index is 602. The molecule has 0 aromatic heterocycles. The molecule has 1 fully saturated rings. The molecular weight excluding hydrogens is 476 g/mol. The van der Waals surface area contributed by atoms with Gasteiger partial charge in [0.05, 0.1) is 20.2 Å². The molecule has 1 aliphatic heterocycles. The molecule has 1 saturated heterocycles. The minimum Gasteiger partial charge on any atom is -0.497 e. The van der Waals surface area contributed by atoms with E-state index in [1.54, 1.807) is 20.2 Å². The third-order valence-electron chi connectivity index (χ3n) is 3.94. The molecule has 2 N–H and O–H groups in total. The molecule has 1 unspecified atom stereocenters. The van der Waals surface area contributed by atoms with E-state index in [4.69, 9.17) is 9.47 Å². The molecule has 1 atom stereocenters. The lowest BCUT2D eigenvalue weighted by molar-refractivity contribution is -0.143. The van der Waals surface area contributed by atoms with Crippen LogP contribution in [0.3, 0.4) is 0 Å². The van der Waals surface area contributed by atoms with Crippen LogP contribution in [-0.4, -0.2) is 70.0 Å². The summed E-state index contributed by atoms with van der Waals surface area (Å²) < 4.78 is 48.1. The molecule has 0 aliphatic carbocycles. The first-order valence-electron chi connectivity index (χ1n) is 8.43. The predicted octanol–water partition coefficient (Wildman–Crippen LogP) is 2.49. The van der Waals surface area contributed by atoms with Crippen molar-refractivity contribution >= 4 is 29.9 Å². The summed E-state index contributed by atoms with van der Waals surface area (Å²) in [6.07, 6.45) is -3.51. The molecule has 1 heterocycles. The average Bonchev–Trinajstić information content (AvgIpc) is 3.02. The van der Waals surface area contributed by atoms with E-state index in [2.05, 4.69) is 15.6 Å². The number of hydrogen-bond acceptors (Lipinski definition) is 4. The highest BCUT2D eigenvalue weighted by atomic mass is 127. The topological polar surface area (TPSA) is 58.1 Å². The molecule has 0 saturated carbocycles. The molecule has 0 radical (unpaired) electrons. The van der Waals surface area contributed by atoms with E-state index in [1.807, 2.05) is 18.2 Å². The summed E-state index contributed by atoms with van der Waals surface area (Å²) >= 11 is 0. The van der Waals surface area contributed by atoms with Crippen LogP contribution in [-0.2, 0) is 0 Å². The van der Waals surface area contributed by atoms with E-state index in [-0.39, 0.29) is 30.0 Å². The number of hydrogen-bond donors (Lipinski definition) is 2. The van der Waals surface area contributed by atoms with Gasteiger partial charge in [0.2, 0.25) is 0 Å². The number of likely N-dealkylation sites (tertiary alicyclic amines) is 1. The molecule has 0 spiro atoms. The Morgan fingerprint density at radius 1 is 1.33 bits per heavy atom. The number of rotatable bonds is 7. The Morgan fingerprint density at radius 3 is 2.74 bits per heavy atom. The summed E-state index contributed by atoms with van der Waals surface area (Å²) in [6, 6.07) is 7.25. The normalized spacial score (nSPS) is 18.0. The molecule has 0 bridgehead atoms. The van der Waals surface area contributed by atoms with E-state index < -0.39 is 12.7 Å². The van der Waals surface area contributed by atoms with Gasteiger partial charge in [-0.2, -0.15) is 13.2 Å². The predicted molar refractivity (Wildman–Crippen MR) is 109 cm³/mol. The molecule has 6 nitrogen and oxygen atoms in total. The van der Waals surface area contributed by atoms with Gasteiger partial charge in [-0.1, -0.05) is 6.07 Å². The maximum atomic E-state index is 12.4. The summed E-state index contributed by atoms with van der Waals surface area (Å²) in [5.41, 5.74) is 0. The van der Waals surface area contributed by atoms with Crippen molar-refractivity contribution < 1.29 is 22.6 Å². The Morgan fingerprint density at radius 2 is 2.07 bits per heavy atom. The standard InChI is InChI=1S/C17H25F3N4O2.HI/c1-21-16(23-13-6-8-24(11-13)12-17(18,19)20)22-7-9-26-15-5-3-4-14(10-15)25-2;/h3-5,10,13H,6-9,11-12H2,1-2H3,(H2,21,22,23);1H. The van der Waals surface area contributed by atoms with Gasteiger partial charge >= 0.3 is 6.18 Å². The lowest BCUT2D eigenvalue weighted by Gasteiger charge is -2.19. The van der Waals surface area contributed by atoms with Gasteiger partial charge in [-0.3, -0.25) is 9.89 Å². The number of benzene rings is 1. The van der Waals surface area contributed by atoms with E-state index in [1.165, 1.54) is 4.90 Å². The number of guanidine groups is 1. The second-order valence-corrected chi connectivity index (χ2v) is 6.01. The van der Waals surface area contributed by atoms with Gasteiger partial charge in [0.25, 0.3) is 0 Å². The summed E-state index contributed by atoms with van der Waals surface area (Å²) in [4.78, 5) is 5.50. The fraction of sp³-hybridized carbons (Fsp3) is 0.588. The SMILES string of the molecule is CN=C(NCCOc1cccc(OC)c1)NC1CCN(CC(F)(F)F)C1.I. The van der Waals surface area contributed by atoms with Gasteiger partial charge in [0, 0.05) is 32.2 Å². The second kappa shape index (κ2) is 11.4.